The average molecular weight is 184 g/mol. The zero-order chi connectivity index (χ0) is 9.68. The van der Waals surface area contributed by atoms with Gasteiger partial charge in [-0.25, -0.2) is 0 Å². The summed E-state index contributed by atoms with van der Waals surface area (Å²) < 4.78 is 4.80. The summed E-state index contributed by atoms with van der Waals surface area (Å²) in [4.78, 5) is 10.6. The zero-order valence-corrected chi connectivity index (χ0v) is 7.36. The lowest BCUT2D eigenvalue weighted by atomic mass is 10.2. The lowest BCUT2D eigenvalue weighted by Crippen LogP contribution is -2.35. The van der Waals surface area contributed by atoms with E-state index in [4.69, 9.17) is 9.63 Å². The molecule has 1 unspecified atom stereocenters. The SMILES string of the molecule is CCC(NCc1ccno1)C(=O)O. The number of hydrogen-bond acceptors (Lipinski definition) is 4. The van der Waals surface area contributed by atoms with E-state index < -0.39 is 12.0 Å². The lowest BCUT2D eigenvalue weighted by Gasteiger charge is -2.09. The van der Waals surface area contributed by atoms with Gasteiger partial charge < -0.3 is 9.63 Å². The first-order valence-electron chi connectivity index (χ1n) is 4.09. The van der Waals surface area contributed by atoms with E-state index in [1.54, 1.807) is 6.07 Å². The monoisotopic (exact) mass is 184 g/mol. The van der Waals surface area contributed by atoms with Crippen LogP contribution < -0.4 is 5.32 Å². The van der Waals surface area contributed by atoms with Crippen molar-refractivity contribution in [3.63, 3.8) is 0 Å². The zero-order valence-electron chi connectivity index (χ0n) is 7.36. The molecule has 0 aliphatic carbocycles. The van der Waals surface area contributed by atoms with Gasteiger partial charge in [0.05, 0.1) is 12.7 Å². The molecular formula is C8H12N2O3. The second kappa shape index (κ2) is 4.61. The van der Waals surface area contributed by atoms with E-state index in [1.807, 2.05) is 6.92 Å². The topological polar surface area (TPSA) is 75.4 Å². The molecule has 72 valence electrons. The van der Waals surface area contributed by atoms with Gasteiger partial charge in [0.1, 0.15) is 11.8 Å². The molecule has 0 amide bonds. The number of rotatable bonds is 5. The standard InChI is InChI=1S/C8H12N2O3/c1-2-7(8(11)12)9-5-6-3-4-10-13-6/h3-4,7,9H,2,5H2,1H3,(H,11,12). The van der Waals surface area contributed by atoms with Gasteiger partial charge in [-0.1, -0.05) is 12.1 Å². The number of hydrogen-bond donors (Lipinski definition) is 2. The van der Waals surface area contributed by atoms with Gasteiger partial charge in [-0.05, 0) is 6.42 Å². The first kappa shape index (κ1) is 9.73. The Kier molecular flexibility index (Phi) is 3.45. The Morgan fingerprint density at radius 3 is 3.08 bits per heavy atom. The van der Waals surface area contributed by atoms with Gasteiger partial charge in [-0.2, -0.15) is 0 Å². The molecule has 0 radical (unpaired) electrons. The largest absolute Gasteiger partial charge is 0.480 e. The number of nitrogens with zero attached hydrogens (tertiary/aromatic N) is 1. The number of aliphatic carboxylic acids is 1. The fourth-order valence-corrected chi connectivity index (χ4v) is 0.963. The highest BCUT2D eigenvalue weighted by atomic mass is 16.5. The molecular weight excluding hydrogens is 172 g/mol. The van der Waals surface area contributed by atoms with Crippen LogP contribution >= 0.6 is 0 Å². The Bertz CT molecular complexity index is 258. The van der Waals surface area contributed by atoms with E-state index in [0.717, 1.165) is 0 Å². The van der Waals surface area contributed by atoms with Crippen molar-refractivity contribution in [2.24, 2.45) is 0 Å². The van der Waals surface area contributed by atoms with Gasteiger partial charge in [-0.15, -0.1) is 0 Å². The fraction of sp³-hybridized carbons (Fsp3) is 0.500. The minimum absolute atomic E-state index is 0.394. The second-order valence-electron chi connectivity index (χ2n) is 2.66. The van der Waals surface area contributed by atoms with Crippen LogP contribution in [0.4, 0.5) is 0 Å². The smallest absolute Gasteiger partial charge is 0.320 e. The van der Waals surface area contributed by atoms with Crippen LogP contribution in [0.2, 0.25) is 0 Å². The Hall–Kier alpha value is -1.36. The van der Waals surface area contributed by atoms with E-state index in [1.165, 1.54) is 6.20 Å². The maximum absolute atomic E-state index is 10.6. The highest BCUT2D eigenvalue weighted by molar-refractivity contribution is 5.73. The van der Waals surface area contributed by atoms with Crippen molar-refractivity contribution in [3.8, 4) is 0 Å². The molecule has 0 saturated heterocycles. The predicted octanol–water partition coefficient (Wildman–Crippen LogP) is 0.627. The van der Waals surface area contributed by atoms with E-state index in [0.29, 0.717) is 18.7 Å². The Labute approximate surface area is 75.7 Å². The van der Waals surface area contributed by atoms with Crippen LogP contribution in [-0.2, 0) is 11.3 Å². The molecule has 0 aliphatic rings. The van der Waals surface area contributed by atoms with E-state index in [2.05, 4.69) is 10.5 Å². The third-order valence-corrected chi connectivity index (χ3v) is 1.72. The van der Waals surface area contributed by atoms with Crippen molar-refractivity contribution in [1.29, 1.82) is 0 Å². The number of carboxylic acid groups (broad SMARTS) is 1. The number of carbonyl (C=O) groups is 1. The molecule has 5 heteroatoms. The predicted molar refractivity (Wildman–Crippen MR) is 45.1 cm³/mol. The normalized spacial score (nSPS) is 12.7. The fourth-order valence-electron chi connectivity index (χ4n) is 0.963. The molecule has 5 nitrogen and oxygen atoms in total. The van der Waals surface area contributed by atoms with E-state index in [-0.39, 0.29) is 0 Å². The Morgan fingerprint density at radius 1 is 1.85 bits per heavy atom. The minimum atomic E-state index is -0.845. The van der Waals surface area contributed by atoms with Crippen LogP contribution in [0.3, 0.4) is 0 Å². The minimum Gasteiger partial charge on any atom is -0.480 e. The summed E-state index contributed by atoms with van der Waals surface area (Å²) >= 11 is 0. The molecule has 0 fully saturated rings. The highest BCUT2D eigenvalue weighted by Crippen LogP contribution is 1.98. The Balaban J connectivity index is 2.36. The van der Waals surface area contributed by atoms with Crippen molar-refractivity contribution in [2.75, 3.05) is 0 Å². The lowest BCUT2D eigenvalue weighted by molar-refractivity contribution is -0.139. The molecule has 0 aromatic carbocycles. The van der Waals surface area contributed by atoms with Crippen LogP contribution in [0.5, 0.6) is 0 Å². The van der Waals surface area contributed by atoms with Crippen LogP contribution in [0, 0.1) is 0 Å². The van der Waals surface area contributed by atoms with Crippen molar-refractivity contribution in [2.45, 2.75) is 25.9 Å². The number of carboxylic acids is 1. The van der Waals surface area contributed by atoms with Crippen molar-refractivity contribution < 1.29 is 14.4 Å². The van der Waals surface area contributed by atoms with Crippen molar-refractivity contribution in [1.82, 2.24) is 10.5 Å². The quantitative estimate of drug-likeness (QED) is 0.701. The maximum Gasteiger partial charge on any atom is 0.320 e. The number of nitrogens with one attached hydrogen (secondary N) is 1. The molecule has 2 N–H and O–H groups in total. The van der Waals surface area contributed by atoms with Gasteiger partial charge in [0, 0.05) is 6.07 Å². The molecule has 1 aromatic heterocycles. The van der Waals surface area contributed by atoms with Crippen LogP contribution in [0.1, 0.15) is 19.1 Å². The third-order valence-electron chi connectivity index (χ3n) is 1.72. The Morgan fingerprint density at radius 2 is 2.62 bits per heavy atom. The van der Waals surface area contributed by atoms with Crippen molar-refractivity contribution in [3.05, 3.63) is 18.0 Å². The van der Waals surface area contributed by atoms with E-state index >= 15 is 0 Å². The molecule has 0 bridgehead atoms. The van der Waals surface area contributed by atoms with Gasteiger partial charge in [0.25, 0.3) is 0 Å². The summed E-state index contributed by atoms with van der Waals surface area (Å²) in [6.07, 6.45) is 2.07. The van der Waals surface area contributed by atoms with Gasteiger partial charge in [0.15, 0.2) is 0 Å². The van der Waals surface area contributed by atoms with Crippen LogP contribution in [0.25, 0.3) is 0 Å². The molecule has 0 spiro atoms. The maximum atomic E-state index is 10.6. The molecule has 1 heterocycles. The van der Waals surface area contributed by atoms with Gasteiger partial charge in [-0.3, -0.25) is 10.1 Å². The molecule has 0 aliphatic heterocycles. The summed E-state index contributed by atoms with van der Waals surface area (Å²) in [6.45, 7) is 2.21. The van der Waals surface area contributed by atoms with Crippen LogP contribution in [0.15, 0.2) is 16.8 Å². The van der Waals surface area contributed by atoms with E-state index in [9.17, 15) is 4.79 Å². The highest BCUT2D eigenvalue weighted by Gasteiger charge is 2.13. The molecule has 0 saturated carbocycles. The number of aromatic nitrogens is 1. The second-order valence-corrected chi connectivity index (χ2v) is 2.66. The molecule has 1 atom stereocenters. The molecule has 1 rings (SSSR count). The van der Waals surface area contributed by atoms with Crippen molar-refractivity contribution >= 4 is 5.97 Å². The summed E-state index contributed by atoms with van der Waals surface area (Å²) in [5.74, 6) is -0.207. The van der Waals surface area contributed by atoms with Gasteiger partial charge >= 0.3 is 5.97 Å². The summed E-state index contributed by atoms with van der Waals surface area (Å²) in [7, 11) is 0. The molecule has 1 aromatic rings. The first-order chi connectivity index (χ1) is 6.24. The summed E-state index contributed by atoms with van der Waals surface area (Å²) in [5, 5.41) is 15.0. The third kappa shape index (κ3) is 2.87. The summed E-state index contributed by atoms with van der Waals surface area (Å²) in [6, 6.07) is 1.17. The first-order valence-corrected chi connectivity index (χ1v) is 4.09. The average Bonchev–Trinajstić information content (AvgIpc) is 2.57. The molecule has 13 heavy (non-hydrogen) atoms. The van der Waals surface area contributed by atoms with Gasteiger partial charge in [0.2, 0.25) is 0 Å². The van der Waals surface area contributed by atoms with Crippen LogP contribution in [-0.4, -0.2) is 22.3 Å². The summed E-state index contributed by atoms with van der Waals surface area (Å²) in [5.41, 5.74) is 0.